The molecule has 0 saturated carbocycles. The van der Waals surface area contributed by atoms with E-state index in [1.165, 1.54) is 25.3 Å². The van der Waals surface area contributed by atoms with E-state index in [1.807, 2.05) is 0 Å². The van der Waals surface area contributed by atoms with Crippen LogP contribution in [0.3, 0.4) is 0 Å². The largest absolute Gasteiger partial charge is 1.00 e. The van der Waals surface area contributed by atoms with Crippen molar-refractivity contribution < 1.29 is 44.3 Å². The first-order chi connectivity index (χ1) is 7.50. The molecular formula is C11H10NNaO4. The number of aliphatic carboxylic acids is 1. The van der Waals surface area contributed by atoms with Crippen LogP contribution in [0.1, 0.15) is 18.9 Å². The second-order valence-corrected chi connectivity index (χ2v) is 3.23. The van der Waals surface area contributed by atoms with Gasteiger partial charge in [-0.15, -0.1) is 0 Å². The number of hydrogen-bond donors (Lipinski definition) is 1. The number of ketones is 1. The normalized spacial score (nSPS) is 10.5. The summed E-state index contributed by atoms with van der Waals surface area (Å²) in [4.78, 5) is 35.2. The molecule has 0 atom stereocenters. The van der Waals surface area contributed by atoms with E-state index in [9.17, 15) is 19.5 Å². The smallest absolute Gasteiger partial charge is 0.550 e. The zero-order valence-electron chi connectivity index (χ0n) is 9.65. The molecule has 6 heteroatoms. The van der Waals surface area contributed by atoms with Crippen LogP contribution in [0.15, 0.2) is 28.7 Å². The number of Topliss-reactive ketones (excluding diaryl/α,β-unsaturated/α-hetero) is 1. The van der Waals surface area contributed by atoms with Crippen LogP contribution >= 0.6 is 0 Å². The zero-order chi connectivity index (χ0) is 12.1. The van der Waals surface area contributed by atoms with Gasteiger partial charge in [0, 0.05) is 29.7 Å². The molecule has 1 N–H and O–H groups in total. The number of hydrogen-bond acceptors (Lipinski definition) is 4. The molecule has 1 aromatic heterocycles. The predicted molar refractivity (Wildman–Crippen MR) is 55.3 cm³/mol. The Bertz CT molecular complexity index is 504. The van der Waals surface area contributed by atoms with E-state index in [4.69, 9.17) is 0 Å². The number of aromatic nitrogens is 1. The van der Waals surface area contributed by atoms with Crippen molar-refractivity contribution in [2.75, 3.05) is 0 Å². The standard InChI is InChI=1S/C11H11NO4.Na/c1-7(13)9(6-10(14)15)5-8-3-2-4-12-11(8)16;/h2-5H,6H2,1H3,(H,12,16)(H,14,15);/q;+1/p-1/b9-5+;. The van der Waals surface area contributed by atoms with Crippen LogP contribution < -0.4 is 40.2 Å². The summed E-state index contributed by atoms with van der Waals surface area (Å²) in [7, 11) is 0. The van der Waals surface area contributed by atoms with Gasteiger partial charge in [-0.1, -0.05) is 0 Å². The topological polar surface area (TPSA) is 90.1 Å². The van der Waals surface area contributed by atoms with Crippen molar-refractivity contribution in [2.45, 2.75) is 13.3 Å². The monoisotopic (exact) mass is 243 g/mol. The van der Waals surface area contributed by atoms with Crippen LogP contribution in [0.5, 0.6) is 0 Å². The molecule has 0 aliphatic carbocycles. The molecule has 1 heterocycles. The van der Waals surface area contributed by atoms with Crippen molar-refractivity contribution in [3.63, 3.8) is 0 Å². The van der Waals surface area contributed by atoms with Crippen LogP contribution in [-0.4, -0.2) is 16.7 Å². The predicted octanol–water partition coefficient (Wildman–Crippen LogP) is -3.51. The number of rotatable bonds is 4. The van der Waals surface area contributed by atoms with Gasteiger partial charge in [-0.25, -0.2) is 0 Å². The summed E-state index contributed by atoms with van der Waals surface area (Å²) in [6, 6.07) is 3.08. The molecule has 84 valence electrons. The Hall–Kier alpha value is -1.17. The molecule has 1 rings (SSSR count). The number of H-pyrrole nitrogens is 1. The summed E-state index contributed by atoms with van der Waals surface area (Å²) in [6.45, 7) is 1.24. The minimum atomic E-state index is -1.35. The van der Waals surface area contributed by atoms with E-state index < -0.39 is 18.2 Å². The molecule has 0 fully saturated rings. The van der Waals surface area contributed by atoms with Crippen LogP contribution in [0.25, 0.3) is 6.08 Å². The summed E-state index contributed by atoms with van der Waals surface area (Å²) in [5.74, 6) is -1.75. The summed E-state index contributed by atoms with van der Waals surface area (Å²) in [6.07, 6.45) is 2.21. The minimum Gasteiger partial charge on any atom is -0.550 e. The molecule has 5 nitrogen and oxygen atoms in total. The Morgan fingerprint density at radius 2 is 2.12 bits per heavy atom. The van der Waals surface area contributed by atoms with Crippen molar-refractivity contribution in [1.82, 2.24) is 4.98 Å². The van der Waals surface area contributed by atoms with Crippen LogP contribution in [-0.2, 0) is 9.59 Å². The van der Waals surface area contributed by atoms with Gasteiger partial charge in [0.05, 0.1) is 0 Å². The Labute approximate surface area is 120 Å². The van der Waals surface area contributed by atoms with E-state index in [1.54, 1.807) is 6.07 Å². The number of carboxylic acids is 1. The van der Waals surface area contributed by atoms with Crippen molar-refractivity contribution in [2.24, 2.45) is 0 Å². The molecule has 0 aliphatic rings. The average molecular weight is 243 g/mol. The number of carbonyl (C=O) groups excluding carboxylic acids is 2. The first-order valence-electron chi connectivity index (χ1n) is 4.59. The molecule has 1 aromatic rings. The van der Waals surface area contributed by atoms with E-state index >= 15 is 0 Å². The molecule has 0 unspecified atom stereocenters. The summed E-state index contributed by atoms with van der Waals surface area (Å²) < 4.78 is 0. The van der Waals surface area contributed by atoms with Crippen molar-refractivity contribution in [3.8, 4) is 0 Å². The maximum atomic E-state index is 11.3. The molecule has 0 aromatic carbocycles. The second-order valence-electron chi connectivity index (χ2n) is 3.23. The molecule has 0 aliphatic heterocycles. The van der Waals surface area contributed by atoms with Gasteiger partial charge >= 0.3 is 29.6 Å². The number of aromatic amines is 1. The van der Waals surface area contributed by atoms with Gasteiger partial charge in [0.2, 0.25) is 0 Å². The van der Waals surface area contributed by atoms with E-state index in [2.05, 4.69) is 4.98 Å². The number of nitrogens with one attached hydrogen (secondary N) is 1. The van der Waals surface area contributed by atoms with Gasteiger partial charge in [-0.3, -0.25) is 9.59 Å². The maximum absolute atomic E-state index is 11.3. The number of pyridine rings is 1. The summed E-state index contributed by atoms with van der Waals surface area (Å²) in [5.41, 5.74) is -0.0924. The second kappa shape index (κ2) is 7.21. The van der Waals surface area contributed by atoms with Gasteiger partial charge in [0.15, 0.2) is 5.78 Å². The molecule has 0 amide bonds. The average Bonchev–Trinajstić information content (AvgIpc) is 2.19. The number of carboxylic acid groups (broad SMARTS) is 1. The Kier molecular flexibility index (Phi) is 6.72. The van der Waals surface area contributed by atoms with E-state index in [0.717, 1.165) is 0 Å². The molecule has 0 spiro atoms. The maximum Gasteiger partial charge on any atom is 1.00 e. The van der Waals surface area contributed by atoms with Crippen molar-refractivity contribution in [1.29, 1.82) is 0 Å². The SMILES string of the molecule is CC(=O)/C(=C/c1ccc[nH]c1=O)CC(=O)[O-].[Na+]. The van der Waals surface area contributed by atoms with Crippen LogP contribution in [0.4, 0.5) is 0 Å². The molecular weight excluding hydrogens is 233 g/mol. The van der Waals surface area contributed by atoms with Gasteiger partial charge < -0.3 is 14.9 Å². The Morgan fingerprint density at radius 3 is 2.59 bits per heavy atom. The first kappa shape index (κ1) is 15.8. The molecule has 0 saturated heterocycles. The third kappa shape index (κ3) is 5.12. The summed E-state index contributed by atoms with van der Waals surface area (Å²) >= 11 is 0. The fourth-order valence-electron chi connectivity index (χ4n) is 1.17. The Morgan fingerprint density at radius 1 is 1.47 bits per heavy atom. The van der Waals surface area contributed by atoms with Gasteiger partial charge in [0.1, 0.15) is 0 Å². The Balaban J connectivity index is 0.00000256. The van der Waals surface area contributed by atoms with E-state index in [0.29, 0.717) is 0 Å². The van der Waals surface area contributed by atoms with Gasteiger partial charge in [-0.2, -0.15) is 0 Å². The molecule has 0 radical (unpaired) electrons. The third-order valence-electron chi connectivity index (χ3n) is 1.97. The fraction of sp³-hybridized carbons (Fsp3) is 0.182. The van der Waals surface area contributed by atoms with Gasteiger partial charge in [-0.05, 0) is 25.1 Å². The third-order valence-corrected chi connectivity index (χ3v) is 1.97. The quantitative estimate of drug-likeness (QED) is 0.438. The van der Waals surface area contributed by atoms with Crippen molar-refractivity contribution >= 4 is 17.8 Å². The number of carbonyl (C=O) groups is 2. The van der Waals surface area contributed by atoms with Crippen LogP contribution in [0.2, 0.25) is 0 Å². The molecule has 0 bridgehead atoms. The van der Waals surface area contributed by atoms with Crippen molar-refractivity contribution in [3.05, 3.63) is 39.8 Å². The fourth-order valence-corrected chi connectivity index (χ4v) is 1.17. The van der Waals surface area contributed by atoms with Gasteiger partial charge in [0.25, 0.3) is 5.56 Å². The minimum absolute atomic E-state index is 0. The van der Waals surface area contributed by atoms with Crippen LogP contribution in [0, 0.1) is 0 Å². The zero-order valence-corrected chi connectivity index (χ0v) is 11.6. The van der Waals surface area contributed by atoms with E-state index in [-0.39, 0.29) is 46.3 Å². The first-order valence-corrected chi connectivity index (χ1v) is 4.59. The summed E-state index contributed by atoms with van der Waals surface area (Å²) in [5, 5.41) is 10.4. The molecule has 17 heavy (non-hydrogen) atoms.